The van der Waals surface area contributed by atoms with E-state index in [9.17, 15) is 4.79 Å². The average Bonchev–Trinajstić information content (AvgIpc) is 2.39. The van der Waals surface area contributed by atoms with Crippen LogP contribution in [0.2, 0.25) is 0 Å². The Kier molecular flexibility index (Phi) is 7.09. The number of carbonyl (C=O) groups is 1. The topological polar surface area (TPSA) is 47.6 Å². The van der Waals surface area contributed by atoms with Gasteiger partial charge in [-0.1, -0.05) is 12.1 Å². The van der Waals surface area contributed by atoms with E-state index in [0.29, 0.717) is 13.2 Å². The van der Waals surface area contributed by atoms with E-state index in [1.165, 1.54) is 0 Å². The molecule has 0 fully saturated rings. The number of benzene rings is 1. The Bertz CT molecular complexity index is 430. The van der Waals surface area contributed by atoms with E-state index in [2.05, 4.69) is 5.32 Å². The van der Waals surface area contributed by atoms with Gasteiger partial charge in [-0.05, 0) is 51.3 Å². The quantitative estimate of drug-likeness (QED) is 0.744. The Labute approximate surface area is 121 Å². The van der Waals surface area contributed by atoms with E-state index >= 15 is 0 Å². The van der Waals surface area contributed by atoms with Crippen molar-refractivity contribution in [1.82, 2.24) is 5.32 Å². The summed E-state index contributed by atoms with van der Waals surface area (Å²) in [5.41, 5.74) is 2.24. The Morgan fingerprint density at radius 3 is 2.75 bits per heavy atom. The molecule has 1 aromatic carbocycles. The lowest BCUT2D eigenvalue weighted by atomic mass is 10.1. The summed E-state index contributed by atoms with van der Waals surface area (Å²) in [7, 11) is 0. The Hall–Kier alpha value is -1.55. The summed E-state index contributed by atoms with van der Waals surface area (Å²) in [5.74, 6) is 0.666. The SMILES string of the molecule is Cc1cccc(OCC(=O)NCCCOC(C)C)c1C. The molecule has 0 saturated heterocycles. The molecule has 4 nitrogen and oxygen atoms in total. The van der Waals surface area contributed by atoms with Gasteiger partial charge in [0.2, 0.25) is 0 Å². The van der Waals surface area contributed by atoms with Crippen molar-refractivity contribution in [2.75, 3.05) is 19.8 Å². The summed E-state index contributed by atoms with van der Waals surface area (Å²) in [6, 6.07) is 5.84. The van der Waals surface area contributed by atoms with Gasteiger partial charge in [0.05, 0.1) is 6.10 Å². The first-order valence-corrected chi connectivity index (χ1v) is 7.08. The second-order valence-electron chi connectivity index (χ2n) is 5.11. The van der Waals surface area contributed by atoms with Crippen molar-refractivity contribution in [3.63, 3.8) is 0 Å². The lowest BCUT2D eigenvalue weighted by molar-refractivity contribution is -0.123. The third-order valence-corrected chi connectivity index (χ3v) is 3.01. The van der Waals surface area contributed by atoms with Gasteiger partial charge in [-0.15, -0.1) is 0 Å². The minimum Gasteiger partial charge on any atom is -0.483 e. The summed E-state index contributed by atoms with van der Waals surface area (Å²) >= 11 is 0. The summed E-state index contributed by atoms with van der Waals surface area (Å²) < 4.78 is 10.9. The van der Waals surface area contributed by atoms with E-state index in [0.717, 1.165) is 23.3 Å². The summed E-state index contributed by atoms with van der Waals surface area (Å²) in [6.07, 6.45) is 1.05. The van der Waals surface area contributed by atoms with Gasteiger partial charge in [0.1, 0.15) is 5.75 Å². The number of ether oxygens (including phenoxy) is 2. The number of hydrogen-bond acceptors (Lipinski definition) is 3. The Morgan fingerprint density at radius 1 is 1.30 bits per heavy atom. The van der Waals surface area contributed by atoms with Crippen molar-refractivity contribution < 1.29 is 14.3 Å². The fourth-order valence-electron chi connectivity index (χ4n) is 1.69. The zero-order valence-corrected chi connectivity index (χ0v) is 12.9. The van der Waals surface area contributed by atoms with Gasteiger partial charge in [-0.25, -0.2) is 0 Å². The molecule has 0 saturated carbocycles. The van der Waals surface area contributed by atoms with Crippen molar-refractivity contribution in [3.05, 3.63) is 29.3 Å². The largest absolute Gasteiger partial charge is 0.483 e. The molecule has 0 bridgehead atoms. The highest BCUT2D eigenvalue weighted by atomic mass is 16.5. The van der Waals surface area contributed by atoms with E-state index < -0.39 is 0 Å². The number of hydrogen-bond donors (Lipinski definition) is 1. The van der Waals surface area contributed by atoms with Crippen molar-refractivity contribution in [1.29, 1.82) is 0 Å². The third-order valence-electron chi connectivity index (χ3n) is 3.01. The molecule has 112 valence electrons. The molecular weight excluding hydrogens is 254 g/mol. The predicted octanol–water partition coefficient (Wildman–Crippen LogP) is 2.61. The second kappa shape index (κ2) is 8.59. The molecule has 1 amide bonds. The smallest absolute Gasteiger partial charge is 0.257 e. The number of rotatable bonds is 8. The van der Waals surface area contributed by atoms with Gasteiger partial charge >= 0.3 is 0 Å². The van der Waals surface area contributed by atoms with E-state index in [1.54, 1.807) is 0 Å². The molecule has 0 aliphatic heterocycles. The summed E-state index contributed by atoms with van der Waals surface area (Å²) in [5, 5.41) is 2.82. The van der Waals surface area contributed by atoms with Crippen LogP contribution in [0.1, 0.15) is 31.4 Å². The molecule has 0 aliphatic carbocycles. The van der Waals surface area contributed by atoms with Crippen LogP contribution in [0.5, 0.6) is 5.75 Å². The summed E-state index contributed by atoms with van der Waals surface area (Å²) in [6.45, 7) is 9.34. The Morgan fingerprint density at radius 2 is 2.05 bits per heavy atom. The van der Waals surface area contributed by atoms with Crippen LogP contribution in [0, 0.1) is 13.8 Å². The molecule has 1 N–H and O–H groups in total. The van der Waals surface area contributed by atoms with Crippen LogP contribution in [-0.2, 0) is 9.53 Å². The molecule has 4 heteroatoms. The molecule has 0 atom stereocenters. The number of amides is 1. The highest BCUT2D eigenvalue weighted by molar-refractivity contribution is 5.77. The highest BCUT2D eigenvalue weighted by Crippen LogP contribution is 2.20. The van der Waals surface area contributed by atoms with Crippen LogP contribution in [-0.4, -0.2) is 31.8 Å². The molecule has 0 heterocycles. The molecule has 1 rings (SSSR count). The molecule has 20 heavy (non-hydrogen) atoms. The fraction of sp³-hybridized carbons (Fsp3) is 0.562. The maximum absolute atomic E-state index is 11.6. The van der Waals surface area contributed by atoms with Crippen LogP contribution in [0.25, 0.3) is 0 Å². The number of carbonyl (C=O) groups excluding carboxylic acids is 1. The van der Waals surface area contributed by atoms with Crippen molar-refractivity contribution in [2.45, 2.75) is 40.2 Å². The molecular formula is C16H25NO3. The van der Waals surface area contributed by atoms with Crippen molar-refractivity contribution >= 4 is 5.91 Å². The van der Waals surface area contributed by atoms with E-state index in [4.69, 9.17) is 9.47 Å². The minimum absolute atomic E-state index is 0.0509. The van der Waals surface area contributed by atoms with E-state index in [1.807, 2.05) is 45.9 Å². The first-order chi connectivity index (χ1) is 9.50. The first kappa shape index (κ1) is 16.5. The molecule has 0 aliphatic rings. The van der Waals surface area contributed by atoms with Crippen LogP contribution in [0.15, 0.2) is 18.2 Å². The zero-order valence-electron chi connectivity index (χ0n) is 12.9. The van der Waals surface area contributed by atoms with E-state index in [-0.39, 0.29) is 18.6 Å². The monoisotopic (exact) mass is 279 g/mol. The lowest BCUT2D eigenvalue weighted by Gasteiger charge is -2.11. The Balaban J connectivity index is 2.21. The zero-order chi connectivity index (χ0) is 15.0. The molecule has 0 radical (unpaired) electrons. The minimum atomic E-state index is -0.101. The number of aryl methyl sites for hydroxylation is 1. The van der Waals surface area contributed by atoms with Gasteiger partial charge in [0.25, 0.3) is 5.91 Å². The van der Waals surface area contributed by atoms with Crippen molar-refractivity contribution in [3.8, 4) is 5.75 Å². The normalized spacial score (nSPS) is 10.7. The van der Waals surface area contributed by atoms with Gasteiger partial charge in [0.15, 0.2) is 6.61 Å². The molecule has 0 aromatic heterocycles. The highest BCUT2D eigenvalue weighted by Gasteiger charge is 2.05. The molecule has 0 unspecified atom stereocenters. The van der Waals surface area contributed by atoms with Crippen LogP contribution in [0.4, 0.5) is 0 Å². The number of nitrogens with one attached hydrogen (secondary N) is 1. The first-order valence-electron chi connectivity index (χ1n) is 7.08. The van der Waals surface area contributed by atoms with Crippen LogP contribution in [0.3, 0.4) is 0 Å². The van der Waals surface area contributed by atoms with Gasteiger partial charge in [-0.3, -0.25) is 4.79 Å². The standard InChI is InChI=1S/C16H25NO3/c1-12(2)19-10-6-9-17-16(18)11-20-15-8-5-7-13(3)14(15)4/h5,7-8,12H,6,9-11H2,1-4H3,(H,17,18). The van der Waals surface area contributed by atoms with Crippen LogP contribution < -0.4 is 10.1 Å². The van der Waals surface area contributed by atoms with Gasteiger partial charge in [0, 0.05) is 13.2 Å². The maximum Gasteiger partial charge on any atom is 0.257 e. The fourth-order valence-corrected chi connectivity index (χ4v) is 1.69. The second-order valence-corrected chi connectivity index (χ2v) is 5.11. The van der Waals surface area contributed by atoms with Gasteiger partial charge in [-0.2, -0.15) is 0 Å². The average molecular weight is 279 g/mol. The third kappa shape index (κ3) is 6.06. The van der Waals surface area contributed by atoms with Crippen molar-refractivity contribution in [2.24, 2.45) is 0 Å². The predicted molar refractivity (Wildman–Crippen MR) is 80.1 cm³/mol. The van der Waals surface area contributed by atoms with Gasteiger partial charge < -0.3 is 14.8 Å². The molecule has 0 spiro atoms. The maximum atomic E-state index is 11.6. The lowest BCUT2D eigenvalue weighted by Crippen LogP contribution is -2.30. The molecule has 1 aromatic rings. The summed E-state index contributed by atoms with van der Waals surface area (Å²) in [4.78, 5) is 11.6. The van der Waals surface area contributed by atoms with Crippen LogP contribution >= 0.6 is 0 Å².